The molecule has 0 bridgehead atoms. The summed E-state index contributed by atoms with van der Waals surface area (Å²) in [4.78, 5) is 14.1. The lowest BCUT2D eigenvalue weighted by Crippen LogP contribution is -2.08. The normalized spacial score (nSPS) is 17.1. The molecule has 1 aliphatic rings. The molecule has 1 aliphatic carbocycles. The number of fused-ring (bicyclic) bond motifs is 1. The van der Waals surface area contributed by atoms with Crippen LogP contribution >= 0.6 is 27.3 Å². The minimum Gasteiger partial charge on any atom is -0.457 e. The molecule has 116 valence electrons. The number of benzene rings is 1. The number of carbonyl (C=O) groups is 1. The molecule has 0 aliphatic heterocycles. The van der Waals surface area contributed by atoms with Gasteiger partial charge in [-0.3, -0.25) is 0 Å². The van der Waals surface area contributed by atoms with Gasteiger partial charge in [-0.15, -0.1) is 11.3 Å². The summed E-state index contributed by atoms with van der Waals surface area (Å²) in [5.74, 6) is -0.0707. The van der Waals surface area contributed by atoms with Gasteiger partial charge < -0.3 is 4.74 Å². The molecule has 2 nitrogen and oxygen atoms in total. The van der Waals surface area contributed by atoms with Crippen molar-refractivity contribution >= 4 is 33.2 Å². The van der Waals surface area contributed by atoms with E-state index in [1.54, 1.807) is 12.1 Å². The highest BCUT2D eigenvalue weighted by molar-refractivity contribution is 9.10. The van der Waals surface area contributed by atoms with Crippen LogP contribution in [0.15, 0.2) is 28.7 Å². The predicted molar refractivity (Wildman–Crippen MR) is 88.7 cm³/mol. The first kappa shape index (κ1) is 15.7. The van der Waals surface area contributed by atoms with Crippen molar-refractivity contribution < 1.29 is 13.9 Å². The summed E-state index contributed by atoms with van der Waals surface area (Å²) in [6, 6.07) is 6.66. The first-order valence-corrected chi connectivity index (χ1v) is 8.86. The molecule has 0 spiro atoms. The Bertz CT molecular complexity index is 711. The molecule has 0 radical (unpaired) electrons. The Morgan fingerprint density at radius 2 is 2.27 bits per heavy atom. The van der Waals surface area contributed by atoms with Crippen LogP contribution < -0.4 is 0 Å². The van der Waals surface area contributed by atoms with Crippen LogP contribution in [-0.4, -0.2) is 5.97 Å². The lowest BCUT2D eigenvalue weighted by Gasteiger charge is -2.16. The van der Waals surface area contributed by atoms with Gasteiger partial charge in [0.25, 0.3) is 0 Å². The Labute approximate surface area is 141 Å². The fourth-order valence-corrected chi connectivity index (χ4v) is 4.09. The van der Waals surface area contributed by atoms with E-state index in [0.717, 1.165) is 12.8 Å². The number of carbonyl (C=O) groups excluding carboxylic acids is 1. The molecule has 1 heterocycles. The maximum absolute atomic E-state index is 13.7. The summed E-state index contributed by atoms with van der Waals surface area (Å²) in [5.41, 5.74) is 1.65. The maximum atomic E-state index is 13.7. The Morgan fingerprint density at radius 3 is 3.05 bits per heavy atom. The lowest BCUT2D eigenvalue weighted by molar-refractivity contribution is 0.0474. The van der Waals surface area contributed by atoms with Gasteiger partial charge in [0.1, 0.15) is 17.3 Å². The fourth-order valence-electron chi connectivity index (χ4n) is 2.66. The lowest BCUT2D eigenvalue weighted by atomic mass is 9.90. The molecule has 2 aromatic rings. The molecule has 22 heavy (non-hydrogen) atoms. The third-order valence-corrected chi connectivity index (χ3v) is 5.61. The fraction of sp³-hybridized carbons (Fsp3) is 0.353. The highest BCUT2D eigenvalue weighted by atomic mass is 79.9. The van der Waals surface area contributed by atoms with Crippen LogP contribution in [0.2, 0.25) is 0 Å². The third-order valence-electron chi connectivity index (χ3n) is 3.90. The summed E-state index contributed by atoms with van der Waals surface area (Å²) < 4.78 is 19.6. The Balaban J connectivity index is 1.67. The molecule has 0 N–H and O–H groups in total. The first-order chi connectivity index (χ1) is 10.5. The van der Waals surface area contributed by atoms with Crippen LogP contribution in [0.25, 0.3) is 0 Å². The van der Waals surface area contributed by atoms with Gasteiger partial charge in [-0.25, -0.2) is 9.18 Å². The SMILES string of the molecule is C[C@H]1CCc2sc(C(=O)OCc3ccc(Br)cc3F)cc2C1. The summed E-state index contributed by atoms with van der Waals surface area (Å²) in [5, 5.41) is 0. The van der Waals surface area contributed by atoms with Gasteiger partial charge in [0, 0.05) is 14.9 Å². The number of rotatable bonds is 3. The molecule has 0 unspecified atom stereocenters. The zero-order valence-corrected chi connectivity index (χ0v) is 14.6. The number of thiophene rings is 1. The molecular formula is C17H16BrFO2S. The van der Waals surface area contributed by atoms with E-state index in [2.05, 4.69) is 22.9 Å². The Morgan fingerprint density at radius 1 is 1.45 bits per heavy atom. The highest BCUT2D eigenvalue weighted by Crippen LogP contribution is 2.32. The predicted octanol–water partition coefficient (Wildman–Crippen LogP) is 5.13. The van der Waals surface area contributed by atoms with Gasteiger partial charge >= 0.3 is 5.97 Å². The van der Waals surface area contributed by atoms with Gasteiger partial charge in [0.2, 0.25) is 0 Å². The van der Waals surface area contributed by atoms with E-state index in [1.807, 2.05) is 6.07 Å². The van der Waals surface area contributed by atoms with Crippen LogP contribution in [0.4, 0.5) is 4.39 Å². The van der Waals surface area contributed by atoms with Crippen molar-refractivity contribution in [3.05, 3.63) is 55.4 Å². The summed E-state index contributed by atoms with van der Waals surface area (Å²) in [6.07, 6.45) is 3.24. The molecule has 1 atom stereocenters. The molecule has 1 aromatic heterocycles. The Kier molecular flexibility index (Phi) is 4.64. The van der Waals surface area contributed by atoms with Crippen molar-refractivity contribution in [3.8, 4) is 0 Å². The molecule has 1 aromatic carbocycles. The summed E-state index contributed by atoms with van der Waals surface area (Å²) in [6.45, 7) is 2.19. The van der Waals surface area contributed by atoms with Crippen molar-refractivity contribution in [3.63, 3.8) is 0 Å². The van der Waals surface area contributed by atoms with E-state index in [9.17, 15) is 9.18 Å². The van der Waals surface area contributed by atoms with Crippen molar-refractivity contribution in [1.82, 2.24) is 0 Å². The number of ether oxygens (including phenoxy) is 1. The smallest absolute Gasteiger partial charge is 0.348 e. The van der Waals surface area contributed by atoms with Crippen molar-refractivity contribution in [1.29, 1.82) is 0 Å². The van der Waals surface area contributed by atoms with E-state index in [4.69, 9.17) is 4.74 Å². The number of hydrogen-bond acceptors (Lipinski definition) is 3. The number of halogens is 2. The molecule has 0 fully saturated rings. The second kappa shape index (κ2) is 6.50. The number of esters is 1. The standard InChI is InChI=1S/C17H16BrFO2S/c1-10-2-5-15-12(6-10)7-16(22-15)17(20)21-9-11-3-4-13(18)8-14(11)19/h3-4,7-8,10H,2,5-6,9H2,1H3/t10-/m0/s1. The molecule has 0 amide bonds. The number of hydrogen-bond donors (Lipinski definition) is 0. The van der Waals surface area contributed by atoms with E-state index in [-0.39, 0.29) is 18.4 Å². The van der Waals surface area contributed by atoms with Gasteiger partial charge in [-0.2, -0.15) is 0 Å². The van der Waals surface area contributed by atoms with Crippen LogP contribution in [0, 0.1) is 11.7 Å². The molecule has 0 saturated heterocycles. The number of aryl methyl sites for hydroxylation is 1. The first-order valence-electron chi connectivity index (χ1n) is 7.25. The topological polar surface area (TPSA) is 26.3 Å². The minimum atomic E-state index is -0.374. The van der Waals surface area contributed by atoms with Gasteiger partial charge in [-0.05, 0) is 48.9 Å². The average Bonchev–Trinajstić information content (AvgIpc) is 2.89. The largest absolute Gasteiger partial charge is 0.457 e. The molecular weight excluding hydrogens is 367 g/mol. The van der Waals surface area contributed by atoms with Crippen LogP contribution in [0.3, 0.4) is 0 Å². The van der Waals surface area contributed by atoms with E-state index >= 15 is 0 Å². The minimum absolute atomic E-state index is 0.0447. The average molecular weight is 383 g/mol. The molecule has 5 heteroatoms. The van der Waals surface area contributed by atoms with Gasteiger partial charge in [-0.1, -0.05) is 28.9 Å². The highest BCUT2D eigenvalue weighted by Gasteiger charge is 2.21. The van der Waals surface area contributed by atoms with E-state index in [1.165, 1.54) is 34.3 Å². The van der Waals surface area contributed by atoms with Crippen LogP contribution in [0.5, 0.6) is 0 Å². The summed E-state index contributed by atoms with van der Waals surface area (Å²) >= 11 is 4.72. The second-order valence-electron chi connectivity index (χ2n) is 5.72. The Hall–Kier alpha value is -1.20. The maximum Gasteiger partial charge on any atom is 0.348 e. The molecule has 0 saturated carbocycles. The van der Waals surface area contributed by atoms with Crippen LogP contribution in [-0.2, 0) is 24.2 Å². The van der Waals surface area contributed by atoms with Crippen molar-refractivity contribution in [2.24, 2.45) is 5.92 Å². The third kappa shape index (κ3) is 3.41. The van der Waals surface area contributed by atoms with Gasteiger partial charge in [0.05, 0.1) is 0 Å². The van der Waals surface area contributed by atoms with E-state index < -0.39 is 0 Å². The van der Waals surface area contributed by atoms with Crippen molar-refractivity contribution in [2.75, 3.05) is 0 Å². The summed E-state index contributed by atoms with van der Waals surface area (Å²) in [7, 11) is 0. The van der Waals surface area contributed by atoms with Crippen molar-refractivity contribution in [2.45, 2.75) is 32.8 Å². The second-order valence-corrected chi connectivity index (χ2v) is 7.77. The zero-order chi connectivity index (χ0) is 15.7. The quantitative estimate of drug-likeness (QED) is 0.687. The van der Waals surface area contributed by atoms with Crippen LogP contribution in [0.1, 0.15) is 39.0 Å². The zero-order valence-electron chi connectivity index (χ0n) is 12.2. The van der Waals surface area contributed by atoms with Gasteiger partial charge in [0.15, 0.2) is 0 Å². The monoisotopic (exact) mass is 382 g/mol. The molecule has 3 rings (SSSR count). The van der Waals surface area contributed by atoms with E-state index in [0.29, 0.717) is 20.8 Å².